The average Bonchev–Trinajstić information content (AvgIpc) is 2.52. The van der Waals surface area contributed by atoms with Gasteiger partial charge in [0, 0.05) is 12.5 Å². The maximum absolute atomic E-state index is 13.5. The van der Waals surface area contributed by atoms with Gasteiger partial charge < -0.3 is 4.74 Å². The predicted molar refractivity (Wildman–Crippen MR) is 85.9 cm³/mol. The summed E-state index contributed by atoms with van der Waals surface area (Å²) in [5, 5.41) is 0. The standard InChI is InChI=1S/C18H13F5N2O/c1-9-5-12(11-3-4-14(20)13(7-11)18(21,22)23)17-15(6-9)25-16(8-24-17)26-10(2)19/h3-8,10H,1-2H3. The fourth-order valence-electron chi connectivity index (χ4n) is 2.60. The van der Waals surface area contributed by atoms with Gasteiger partial charge in [0.15, 0.2) is 0 Å². The molecule has 3 nitrogen and oxygen atoms in total. The third kappa shape index (κ3) is 3.58. The molecule has 26 heavy (non-hydrogen) atoms. The van der Waals surface area contributed by atoms with Crippen molar-refractivity contribution in [1.29, 1.82) is 0 Å². The summed E-state index contributed by atoms with van der Waals surface area (Å²) < 4.78 is 70.3. The Balaban J connectivity index is 2.19. The highest BCUT2D eigenvalue weighted by Crippen LogP contribution is 2.36. The second kappa shape index (κ2) is 6.51. The van der Waals surface area contributed by atoms with Crippen molar-refractivity contribution in [3.63, 3.8) is 0 Å². The van der Waals surface area contributed by atoms with E-state index < -0.39 is 23.9 Å². The maximum Gasteiger partial charge on any atom is 0.419 e. The van der Waals surface area contributed by atoms with Gasteiger partial charge in [-0.15, -0.1) is 0 Å². The number of fused-ring (bicyclic) bond motifs is 1. The third-order valence-corrected chi connectivity index (χ3v) is 3.63. The van der Waals surface area contributed by atoms with Crippen LogP contribution in [-0.4, -0.2) is 16.3 Å². The smallest absolute Gasteiger partial charge is 0.419 e. The van der Waals surface area contributed by atoms with Crippen LogP contribution in [0, 0.1) is 12.7 Å². The van der Waals surface area contributed by atoms with Gasteiger partial charge in [-0.05, 0) is 42.3 Å². The summed E-state index contributed by atoms with van der Waals surface area (Å²) in [4.78, 5) is 8.27. The van der Waals surface area contributed by atoms with Crippen molar-refractivity contribution in [3.8, 4) is 17.0 Å². The van der Waals surface area contributed by atoms with Crippen molar-refractivity contribution >= 4 is 11.0 Å². The van der Waals surface area contributed by atoms with Crippen molar-refractivity contribution in [1.82, 2.24) is 9.97 Å². The highest BCUT2D eigenvalue weighted by atomic mass is 19.4. The van der Waals surface area contributed by atoms with Crippen LogP contribution in [0.1, 0.15) is 18.1 Å². The SMILES string of the molecule is Cc1cc(-c2ccc(F)c(C(F)(F)F)c2)c2ncc(OC(C)F)nc2c1. The number of hydrogen-bond donors (Lipinski definition) is 0. The summed E-state index contributed by atoms with van der Waals surface area (Å²) in [6, 6.07) is 6.02. The lowest BCUT2D eigenvalue weighted by molar-refractivity contribution is -0.139. The summed E-state index contributed by atoms with van der Waals surface area (Å²) >= 11 is 0. The third-order valence-electron chi connectivity index (χ3n) is 3.63. The monoisotopic (exact) mass is 368 g/mol. The van der Waals surface area contributed by atoms with Crippen LogP contribution in [0.2, 0.25) is 0 Å². The van der Waals surface area contributed by atoms with Gasteiger partial charge in [0.05, 0.1) is 22.8 Å². The number of halogens is 5. The van der Waals surface area contributed by atoms with E-state index in [9.17, 15) is 22.0 Å². The van der Waals surface area contributed by atoms with Gasteiger partial charge in [0.1, 0.15) is 5.82 Å². The van der Waals surface area contributed by atoms with Crippen molar-refractivity contribution in [2.45, 2.75) is 26.4 Å². The lowest BCUT2D eigenvalue weighted by Gasteiger charge is -2.13. The van der Waals surface area contributed by atoms with E-state index in [1.54, 1.807) is 19.1 Å². The van der Waals surface area contributed by atoms with Crippen LogP contribution in [-0.2, 0) is 6.18 Å². The van der Waals surface area contributed by atoms with Crippen LogP contribution < -0.4 is 4.74 Å². The molecule has 1 atom stereocenters. The zero-order chi connectivity index (χ0) is 19.1. The molecule has 0 fully saturated rings. The molecule has 3 rings (SSSR count). The zero-order valence-electron chi connectivity index (χ0n) is 13.7. The molecule has 1 aromatic heterocycles. The summed E-state index contributed by atoms with van der Waals surface area (Å²) in [5.74, 6) is -1.39. The molecule has 0 spiro atoms. The molecule has 0 amide bonds. The molecule has 1 heterocycles. The molecule has 0 saturated heterocycles. The molecular formula is C18H13F5N2O. The molecular weight excluding hydrogens is 355 g/mol. The number of aromatic nitrogens is 2. The molecule has 0 aliphatic carbocycles. The van der Waals surface area contributed by atoms with Crippen LogP contribution in [0.4, 0.5) is 22.0 Å². The Morgan fingerprint density at radius 1 is 1.12 bits per heavy atom. The Hall–Kier alpha value is -2.77. The average molecular weight is 368 g/mol. The molecule has 0 bridgehead atoms. The van der Waals surface area contributed by atoms with E-state index >= 15 is 0 Å². The van der Waals surface area contributed by atoms with Crippen LogP contribution in [0.5, 0.6) is 5.88 Å². The molecule has 3 aromatic rings. The highest BCUT2D eigenvalue weighted by molar-refractivity contribution is 5.92. The van der Waals surface area contributed by atoms with Crippen molar-refractivity contribution in [3.05, 3.63) is 53.5 Å². The fraction of sp³-hybridized carbons (Fsp3) is 0.222. The molecule has 1 unspecified atom stereocenters. The van der Waals surface area contributed by atoms with Gasteiger partial charge in [-0.3, -0.25) is 0 Å². The fourth-order valence-corrected chi connectivity index (χ4v) is 2.60. The van der Waals surface area contributed by atoms with Gasteiger partial charge in [0.2, 0.25) is 12.2 Å². The van der Waals surface area contributed by atoms with Crippen molar-refractivity contribution in [2.75, 3.05) is 0 Å². The van der Waals surface area contributed by atoms with Crippen LogP contribution >= 0.6 is 0 Å². The van der Waals surface area contributed by atoms with Crippen LogP contribution in [0.15, 0.2) is 36.5 Å². The number of ether oxygens (including phenoxy) is 1. The number of nitrogens with zero attached hydrogens (tertiary/aromatic N) is 2. The zero-order valence-corrected chi connectivity index (χ0v) is 13.7. The van der Waals surface area contributed by atoms with Gasteiger partial charge in [-0.2, -0.15) is 13.2 Å². The van der Waals surface area contributed by atoms with E-state index in [-0.39, 0.29) is 11.4 Å². The van der Waals surface area contributed by atoms with Gasteiger partial charge >= 0.3 is 6.18 Å². The first-order valence-electron chi connectivity index (χ1n) is 7.60. The topological polar surface area (TPSA) is 35.0 Å². The number of aryl methyl sites for hydroxylation is 1. The number of alkyl halides is 4. The van der Waals surface area contributed by atoms with Crippen LogP contribution in [0.25, 0.3) is 22.2 Å². The number of hydrogen-bond acceptors (Lipinski definition) is 3. The summed E-state index contributed by atoms with van der Waals surface area (Å²) in [6.07, 6.45) is -5.22. The second-order valence-corrected chi connectivity index (χ2v) is 5.74. The molecule has 0 N–H and O–H groups in total. The molecule has 0 aliphatic rings. The molecule has 0 radical (unpaired) electrons. The Morgan fingerprint density at radius 2 is 1.85 bits per heavy atom. The van der Waals surface area contributed by atoms with Crippen molar-refractivity contribution in [2.24, 2.45) is 0 Å². The van der Waals surface area contributed by atoms with E-state index in [0.717, 1.165) is 12.1 Å². The van der Waals surface area contributed by atoms with E-state index in [4.69, 9.17) is 4.74 Å². The first-order chi connectivity index (χ1) is 12.1. The van der Waals surface area contributed by atoms with Gasteiger partial charge in [0.25, 0.3) is 0 Å². The highest BCUT2D eigenvalue weighted by Gasteiger charge is 2.34. The molecule has 2 aromatic carbocycles. The van der Waals surface area contributed by atoms with E-state index in [1.807, 2.05) is 0 Å². The summed E-state index contributed by atoms with van der Waals surface area (Å²) in [6.45, 7) is 2.91. The first kappa shape index (κ1) is 18.0. The molecule has 0 aliphatic heterocycles. The minimum Gasteiger partial charge on any atom is -0.442 e. The molecule has 136 valence electrons. The van der Waals surface area contributed by atoms with Crippen molar-refractivity contribution < 1.29 is 26.7 Å². The Labute approximate surface area is 145 Å². The first-order valence-corrected chi connectivity index (χ1v) is 7.60. The Morgan fingerprint density at radius 3 is 2.50 bits per heavy atom. The molecule has 8 heteroatoms. The predicted octanol–water partition coefficient (Wildman–Crippen LogP) is 5.46. The number of benzene rings is 2. The lowest BCUT2D eigenvalue weighted by atomic mass is 9.99. The molecule has 0 saturated carbocycles. The van der Waals surface area contributed by atoms with Gasteiger partial charge in [-0.25, -0.2) is 18.7 Å². The normalized spacial score (nSPS) is 13.0. The minimum absolute atomic E-state index is 0.0425. The summed E-state index contributed by atoms with van der Waals surface area (Å²) in [5.41, 5.74) is 0.478. The Kier molecular flexibility index (Phi) is 4.52. The lowest BCUT2D eigenvalue weighted by Crippen LogP contribution is -2.08. The van der Waals surface area contributed by atoms with E-state index in [0.29, 0.717) is 22.2 Å². The van der Waals surface area contributed by atoms with E-state index in [2.05, 4.69) is 9.97 Å². The second-order valence-electron chi connectivity index (χ2n) is 5.74. The largest absolute Gasteiger partial charge is 0.442 e. The van der Waals surface area contributed by atoms with E-state index in [1.165, 1.54) is 19.2 Å². The number of rotatable bonds is 3. The Bertz CT molecular complexity index is 970. The van der Waals surface area contributed by atoms with Gasteiger partial charge in [-0.1, -0.05) is 6.07 Å². The quantitative estimate of drug-likeness (QED) is 0.576. The minimum atomic E-state index is -4.82. The maximum atomic E-state index is 13.5. The van der Waals surface area contributed by atoms with Crippen LogP contribution in [0.3, 0.4) is 0 Å². The summed E-state index contributed by atoms with van der Waals surface area (Å²) in [7, 11) is 0.